The molecule has 0 amide bonds. The summed E-state index contributed by atoms with van der Waals surface area (Å²) >= 11 is 0. The van der Waals surface area contributed by atoms with Crippen LogP contribution in [0.25, 0.3) is 0 Å². The van der Waals surface area contributed by atoms with Gasteiger partial charge in [0.05, 0.1) is 11.7 Å². The number of halogens is 2. The van der Waals surface area contributed by atoms with Crippen LogP contribution < -0.4 is 10.6 Å². The molecule has 0 aliphatic rings. The molecule has 0 saturated carbocycles. The molecular formula is C15H18F2N4. The molecule has 0 spiro atoms. The Morgan fingerprint density at radius 2 is 1.95 bits per heavy atom. The zero-order valence-corrected chi connectivity index (χ0v) is 12.0. The van der Waals surface area contributed by atoms with Crippen LogP contribution in [-0.2, 0) is 0 Å². The Hall–Kier alpha value is -2.24. The maximum absolute atomic E-state index is 13.8. The van der Waals surface area contributed by atoms with E-state index in [1.165, 1.54) is 0 Å². The number of nitrogens with zero attached hydrogens (tertiary/aromatic N) is 2. The van der Waals surface area contributed by atoms with Gasteiger partial charge in [-0.15, -0.1) is 0 Å². The number of anilines is 2. The molecule has 21 heavy (non-hydrogen) atoms. The van der Waals surface area contributed by atoms with Crippen molar-refractivity contribution in [3.8, 4) is 0 Å². The molecule has 0 saturated heterocycles. The molecule has 2 N–H and O–H groups in total. The van der Waals surface area contributed by atoms with E-state index in [1.54, 1.807) is 12.3 Å². The Morgan fingerprint density at radius 3 is 2.62 bits per heavy atom. The van der Waals surface area contributed by atoms with E-state index < -0.39 is 11.6 Å². The van der Waals surface area contributed by atoms with Crippen LogP contribution in [0.1, 0.15) is 32.0 Å². The van der Waals surface area contributed by atoms with Gasteiger partial charge in [-0.25, -0.2) is 13.8 Å². The van der Waals surface area contributed by atoms with Crippen molar-refractivity contribution in [2.45, 2.75) is 26.3 Å². The molecule has 0 fully saturated rings. The quantitative estimate of drug-likeness (QED) is 0.851. The van der Waals surface area contributed by atoms with Gasteiger partial charge in [-0.3, -0.25) is 4.98 Å². The lowest BCUT2D eigenvalue weighted by Gasteiger charge is -2.16. The summed E-state index contributed by atoms with van der Waals surface area (Å²) in [6.45, 7) is 4.37. The minimum atomic E-state index is -0.725. The van der Waals surface area contributed by atoms with Gasteiger partial charge < -0.3 is 10.6 Å². The van der Waals surface area contributed by atoms with Crippen LogP contribution in [0.15, 0.2) is 30.5 Å². The van der Waals surface area contributed by atoms with Gasteiger partial charge in [0.15, 0.2) is 23.3 Å². The molecule has 0 radical (unpaired) electrons. The summed E-state index contributed by atoms with van der Waals surface area (Å²) in [5, 5.41) is 5.75. The van der Waals surface area contributed by atoms with Crippen molar-refractivity contribution in [2.75, 3.05) is 17.2 Å². The summed E-state index contributed by atoms with van der Waals surface area (Å²) in [5.41, 5.74) is 0.756. The third kappa shape index (κ3) is 3.87. The van der Waals surface area contributed by atoms with E-state index in [9.17, 15) is 8.78 Å². The molecule has 6 heteroatoms. The fourth-order valence-electron chi connectivity index (χ4n) is 1.85. The van der Waals surface area contributed by atoms with Crippen LogP contribution in [0, 0.1) is 11.6 Å². The fourth-order valence-corrected chi connectivity index (χ4v) is 1.85. The standard InChI is InChI=1S/C15H18F2N4/c1-3-7-19-14-11(16)9-12(17)15(21-14)20-10(2)13-6-4-5-8-18-13/h4-6,8-10H,3,7H2,1-2H3,(H2,19,20,21). The Kier molecular flexibility index (Phi) is 5.03. The summed E-state index contributed by atoms with van der Waals surface area (Å²) in [7, 11) is 0. The van der Waals surface area contributed by atoms with Crippen LogP contribution in [0.2, 0.25) is 0 Å². The normalized spacial score (nSPS) is 12.0. The molecule has 2 aromatic rings. The Balaban J connectivity index is 2.19. The van der Waals surface area contributed by atoms with Crippen molar-refractivity contribution in [3.05, 3.63) is 47.8 Å². The molecule has 0 aliphatic carbocycles. The molecule has 0 aromatic carbocycles. The van der Waals surface area contributed by atoms with Gasteiger partial charge in [-0.2, -0.15) is 0 Å². The molecule has 0 aliphatic heterocycles. The molecule has 112 valence electrons. The maximum Gasteiger partial charge on any atom is 0.168 e. The number of rotatable bonds is 6. The van der Waals surface area contributed by atoms with Crippen LogP contribution in [0.5, 0.6) is 0 Å². The zero-order chi connectivity index (χ0) is 15.2. The fraction of sp³-hybridized carbons (Fsp3) is 0.333. The predicted molar refractivity (Wildman–Crippen MR) is 79.2 cm³/mol. The van der Waals surface area contributed by atoms with E-state index in [1.807, 2.05) is 26.0 Å². The van der Waals surface area contributed by atoms with Crippen molar-refractivity contribution in [2.24, 2.45) is 0 Å². The van der Waals surface area contributed by atoms with Crippen LogP contribution in [0.3, 0.4) is 0 Å². The van der Waals surface area contributed by atoms with E-state index in [0.717, 1.165) is 18.2 Å². The monoisotopic (exact) mass is 292 g/mol. The lowest BCUT2D eigenvalue weighted by Crippen LogP contribution is -2.13. The second-order valence-electron chi connectivity index (χ2n) is 4.70. The molecule has 1 atom stereocenters. The number of nitrogens with one attached hydrogen (secondary N) is 2. The number of hydrogen-bond acceptors (Lipinski definition) is 4. The van der Waals surface area contributed by atoms with Gasteiger partial charge in [0.25, 0.3) is 0 Å². The van der Waals surface area contributed by atoms with E-state index in [-0.39, 0.29) is 17.7 Å². The summed E-state index contributed by atoms with van der Waals surface area (Å²) in [6.07, 6.45) is 2.49. The van der Waals surface area contributed by atoms with Gasteiger partial charge >= 0.3 is 0 Å². The zero-order valence-electron chi connectivity index (χ0n) is 12.0. The molecule has 2 rings (SSSR count). The highest BCUT2D eigenvalue weighted by molar-refractivity contribution is 5.48. The molecule has 4 nitrogen and oxygen atoms in total. The first-order valence-electron chi connectivity index (χ1n) is 6.89. The third-order valence-electron chi connectivity index (χ3n) is 2.96. The van der Waals surface area contributed by atoms with Crippen molar-refractivity contribution in [3.63, 3.8) is 0 Å². The van der Waals surface area contributed by atoms with E-state index in [0.29, 0.717) is 6.54 Å². The number of pyridine rings is 2. The van der Waals surface area contributed by atoms with Crippen LogP contribution in [-0.4, -0.2) is 16.5 Å². The first kappa shape index (κ1) is 15.2. The number of hydrogen-bond donors (Lipinski definition) is 2. The summed E-state index contributed by atoms with van der Waals surface area (Å²) in [6, 6.07) is 6.08. The van der Waals surface area contributed by atoms with Gasteiger partial charge in [0.1, 0.15) is 0 Å². The first-order chi connectivity index (χ1) is 10.1. The van der Waals surface area contributed by atoms with Crippen molar-refractivity contribution in [1.82, 2.24) is 9.97 Å². The van der Waals surface area contributed by atoms with Crippen LogP contribution >= 0.6 is 0 Å². The summed E-state index contributed by atoms with van der Waals surface area (Å²) in [5.74, 6) is -1.36. The maximum atomic E-state index is 13.8. The molecule has 0 bridgehead atoms. The van der Waals surface area contributed by atoms with Crippen molar-refractivity contribution < 1.29 is 8.78 Å². The molecular weight excluding hydrogens is 274 g/mol. The van der Waals surface area contributed by atoms with E-state index in [2.05, 4.69) is 20.6 Å². The second kappa shape index (κ2) is 6.97. The Morgan fingerprint density at radius 1 is 1.19 bits per heavy atom. The van der Waals surface area contributed by atoms with E-state index in [4.69, 9.17) is 0 Å². The largest absolute Gasteiger partial charge is 0.368 e. The van der Waals surface area contributed by atoms with Gasteiger partial charge in [0, 0.05) is 18.8 Å². The van der Waals surface area contributed by atoms with Gasteiger partial charge in [-0.05, 0) is 25.5 Å². The third-order valence-corrected chi connectivity index (χ3v) is 2.96. The Labute approximate surface area is 122 Å². The number of aromatic nitrogens is 2. The SMILES string of the molecule is CCCNc1nc(NC(C)c2ccccn2)c(F)cc1F. The highest BCUT2D eigenvalue weighted by atomic mass is 19.1. The molecule has 2 heterocycles. The average molecular weight is 292 g/mol. The smallest absolute Gasteiger partial charge is 0.168 e. The topological polar surface area (TPSA) is 49.8 Å². The lowest BCUT2D eigenvalue weighted by molar-refractivity contribution is 0.576. The Bertz CT molecular complexity index is 590. The highest BCUT2D eigenvalue weighted by Gasteiger charge is 2.14. The van der Waals surface area contributed by atoms with Crippen molar-refractivity contribution >= 4 is 11.6 Å². The minimum absolute atomic E-state index is 0.00755. The molecule has 1 unspecified atom stereocenters. The molecule has 2 aromatic heterocycles. The predicted octanol–water partition coefficient (Wildman–Crippen LogP) is 3.75. The minimum Gasteiger partial charge on any atom is -0.368 e. The summed E-state index contributed by atoms with van der Waals surface area (Å²) < 4.78 is 27.4. The van der Waals surface area contributed by atoms with Crippen LogP contribution in [0.4, 0.5) is 20.4 Å². The highest BCUT2D eigenvalue weighted by Crippen LogP contribution is 2.22. The van der Waals surface area contributed by atoms with Gasteiger partial charge in [-0.1, -0.05) is 13.0 Å². The van der Waals surface area contributed by atoms with E-state index >= 15 is 0 Å². The first-order valence-corrected chi connectivity index (χ1v) is 6.89. The van der Waals surface area contributed by atoms with Gasteiger partial charge in [0.2, 0.25) is 0 Å². The van der Waals surface area contributed by atoms with Crippen molar-refractivity contribution in [1.29, 1.82) is 0 Å². The average Bonchev–Trinajstić information content (AvgIpc) is 2.49. The second-order valence-corrected chi connectivity index (χ2v) is 4.70. The lowest BCUT2D eigenvalue weighted by atomic mass is 10.2. The summed E-state index contributed by atoms with van der Waals surface area (Å²) in [4.78, 5) is 8.17.